The lowest BCUT2D eigenvalue weighted by atomic mass is 10.2. The molecule has 3 N–H and O–H groups in total. The topological polar surface area (TPSA) is 55.1 Å². The molecule has 0 aromatic heterocycles. The van der Waals surface area contributed by atoms with Gasteiger partial charge in [0, 0.05) is 30.2 Å². The number of aryl methyl sites for hydroxylation is 1. The number of carbonyl (C=O) groups is 1. The van der Waals surface area contributed by atoms with E-state index in [1.54, 1.807) is 11.8 Å². The van der Waals surface area contributed by atoms with Gasteiger partial charge in [0.05, 0.1) is 0 Å². The van der Waals surface area contributed by atoms with E-state index in [1.165, 1.54) is 0 Å². The highest BCUT2D eigenvalue weighted by Gasteiger charge is 2.01. The summed E-state index contributed by atoms with van der Waals surface area (Å²) in [6.45, 7) is 2.68. The van der Waals surface area contributed by atoms with Crippen molar-refractivity contribution in [3.05, 3.63) is 29.8 Å². The Morgan fingerprint density at radius 1 is 1.44 bits per heavy atom. The Kier molecular flexibility index (Phi) is 5.96. The van der Waals surface area contributed by atoms with Crippen LogP contribution in [0.2, 0.25) is 0 Å². The molecule has 1 amide bonds. The molecule has 88 valence electrons. The minimum atomic E-state index is 0.0649. The van der Waals surface area contributed by atoms with Crippen LogP contribution in [-0.2, 0) is 4.79 Å². The van der Waals surface area contributed by atoms with Crippen LogP contribution in [0.4, 0.5) is 5.69 Å². The number of carbonyl (C=O) groups excluding carboxylic acids is 1. The molecule has 0 saturated carbocycles. The fraction of sp³-hybridized carbons (Fsp3) is 0.417. The predicted molar refractivity (Wildman–Crippen MR) is 70.8 cm³/mol. The third-order valence-electron chi connectivity index (χ3n) is 2.04. The Morgan fingerprint density at radius 3 is 2.94 bits per heavy atom. The normalized spacial score (nSPS) is 10.1. The first kappa shape index (κ1) is 13.1. The van der Waals surface area contributed by atoms with Crippen LogP contribution in [0, 0.1) is 6.92 Å². The van der Waals surface area contributed by atoms with Gasteiger partial charge in [-0.25, -0.2) is 0 Å². The molecule has 0 aliphatic carbocycles. The molecule has 0 bridgehead atoms. The summed E-state index contributed by atoms with van der Waals surface area (Å²) in [6.07, 6.45) is 0.540. The molecule has 0 heterocycles. The molecule has 1 rings (SSSR count). The fourth-order valence-corrected chi connectivity index (χ4v) is 2.00. The van der Waals surface area contributed by atoms with Crippen molar-refractivity contribution in [3.8, 4) is 0 Å². The van der Waals surface area contributed by atoms with Crippen LogP contribution in [0.1, 0.15) is 12.0 Å². The van der Waals surface area contributed by atoms with Crippen LogP contribution in [-0.4, -0.2) is 24.0 Å². The van der Waals surface area contributed by atoms with Crippen LogP contribution in [0.25, 0.3) is 0 Å². The predicted octanol–water partition coefficient (Wildman–Crippen LogP) is 2.02. The van der Waals surface area contributed by atoms with Crippen molar-refractivity contribution in [1.82, 2.24) is 0 Å². The van der Waals surface area contributed by atoms with Crippen molar-refractivity contribution in [1.29, 1.82) is 0 Å². The maximum absolute atomic E-state index is 11.5. The molecule has 1 aromatic carbocycles. The van der Waals surface area contributed by atoms with E-state index < -0.39 is 0 Å². The maximum Gasteiger partial charge on any atom is 0.225 e. The van der Waals surface area contributed by atoms with Crippen LogP contribution < -0.4 is 11.1 Å². The lowest BCUT2D eigenvalue weighted by molar-refractivity contribution is -0.115. The molecule has 0 saturated heterocycles. The first-order chi connectivity index (χ1) is 7.72. The van der Waals surface area contributed by atoms with Crippen molar-refractivity contribution < 1.29 is 4.79 Å². The van der Waals surface area contributed by atoms with Crippen LogP contribution in [0.15, 0.2) is 24.3 Å². The van der Waals surface area contributed by atoms with E-state index in [-0.39, 0.29) is 5.91 Å². The number of benzene rings is 1. The Hall–Kier alpha value is -1.00. The number of hydrogen-bond acceptors (Lipinski definition) is 3. The summed E-state index contributed by atoms with van der Waals surface area (Å²) < 4.78 is 0. The SMILES string of the molecule is Cc1cccc(NC(=O)CCSCCN)c1. The minimum Gasteiger partial charge on any atom is -0.330 e. The van der Waals surface area contributed by atoms with Crippen molar-refractivity contribution in [2.75, 3.05) is 23.4 Å². The average molecular weight is 238 g/mol. The summed E-state index contributed by atoms with van der Waals surface area (Å²) in [6, 6.07) is 7.81. The molecule has 0 spiro atoms. The van der Waals surface area contributed by atoms with Gasteiger partial charge in [-0.15, -0.1) is 0 Å². The molecule has 0 unspecified atom stereocenters. The summed E-state index contributed by atoms with van der Waals surface area (Å²) >= 11 is 1.71. The van der Waals surface area contributed by atoms with E-state index in [2.05, 4.69) is 5.32 Å². The highest BCUT2D eigenvalue weighted by atomic mass is 32.2. The standard InChI is InChI=1S/C12H18N2OS/c1-10-3-2-4-11(9-10)14-12(15)5-7-16-8-6-13/h2-4,9H,5-8,13H2,1H3,(H,14,15). The number of thioether (sulfide) groups is 1. The van der Waals surface area contributed by atoms with E-state index in [0.717, 1.165) is 22.8 Å². The number of nitrogens with one attached hydrogen (secondary N) is 1. The fourth-order valence-electron chi connectivity index (χ4n) is 1.30. The van der Waals surface area contributed by atoms with E-state index in [4.69, 9.17) is 5.73 Å². The van der Waals surface area contributed by atoms with Gasteiger partial charge in [-0.1, -0.05) is 12.1 Å². The summed E-state index contributed by atoms with van der Waals surface area (Å²) in [4.78, 5) is 11.5. The molecule has 16 heavy (non-hydrogen) atoms. The zero-order chi connectivity index (χ0) is 11.8. The first-order valence-corrected chi connectivity index (χ1v) is 6.52. The average Bonchev–Trinajstić information content (AvgIpc) is 2.24. The van der Waals surface area contributed by atoms with Crippen molar-refractivity contribution in [3.63, 3.8) is 0 Å². The number of amides is 1. The smallest absolute Gasteiger partial charge is 0.225 e. The Bertz CT molecular complexity index is 342. The Labute approximate surface area is 101 Å². The maximum atomic E-state index is 11.5. The molecule has 0 radical (unpaired) electrons. The molecular weight excluding hydrogens is 220 g/mol. The second-order valence-electron chi connectivity index (χ2n) is 3.57. The minimum absolute atomic E-state index is 0.0649. The zero-order valence-electron chi connectivity index (χ0n) is 9.53. The number of hydrogen-bond donors (Lipinski definition) is 2. The second-order valence-corrected chi connectivity index (χ2v) is 4.79. The number of nitrogens with two attached hydrogens (primary N) is 1. The molecule has 0 aliphatic heterocycles. The van der Waals surface area contributed by atoms with Crippen LogP contribution >= 0.6 is 11.8 Å². The van der Waals surface area contributed by atoms with Crippen molar-refractivity contribution >= 4 is 23.4 Å². The van der Waals surface area contributed by atoms with E-state index in [9.17, 15) is 4.79 Å². The highest BCUT2D eigenvalue weighted by molar-refractivity contribution is 7.99. The zero-order valence-corrected chi connectivity index (χ0v) is 10.3. The molecule has 3 nitrogen and oxygen atoms in total. The van der Waals surface area contributed by atoms with Crippen LogP contribution in [0.3, 0.4) is 0 Å². The van der Waals surface area contributed by atoms with Gasteiger partial charge in [0.25, 0.3) is 0 Å². The van der Waals surface area contributed by atoms with Gasteiger partial charge in [-0.2, -0.15) is 11.8 Å². The van der Waals surface area contributed by atoms with Gasteiger partial charge >= 0.3 is 0 Å². The molecule has 1 aromatic rings. The molecular formula is C12H18N2OS. The lowest BCUT2D eigenvalue weighted by Crippen LogP contribution is -2.12. The summed E-state index contributed by atoms with van der Waals surface area (Å²) in [7, 11) is 0. The third-order valence-corrected chi connectivity index (χ3v) is 3.05. The summed E-state index contributed by atoms with van der Waals surface area (Å²) in [5.74, 6) is 1.81. The van der Waals surface area contributed by atoms with Crippen molar-refractivity contribution in [2.45, 2.75) is 13.3 Å². The monoisotopic (exact) mass is 238 g/mol. The molecule has 0 fully saturated rings. The second kappa shape index (κ2) is 7.30. The van der Waals surface area contributed by atoms with Gasteiger partial charge in [0.15, 0.2) is 0 Å². The van der Waals surface area contributed by atoms with Gasteiger partial charge < -0.3 is 11.1 Å². The van der Waals surface area contributed by atoms with Gasteiger partial charge in [0.2, 0.25) is 5.91 Å². The lowest BCUT2D eigenvalue weighted by Gasteiger charge is -2.05. The Balaban J connectivity index is 2.29. The van der Waals surface area contributed by atoms with E-state index >= 15 is 0 Å². The first-order valence-electron chi connectivity index (χ1n) is 5.36. The summed E-state index contributed by atoms with van der Waals surface area (Å²) in [5, 5.41) is 2.88. The van der Waals surface area contributed by atoms with Gasteiger partial charge in [-0.3, -0.25) is 4.79 Å². The van der Waals surface area contributed by atoms with E-state index in [0.29, 0.717) is 13.0 Å². The van der Waals surface area contributed by atoms with Gasteiger partial charge in [0.1, 0.15) is 0 Å². The largest absolute Gasteiger partial charge is 0.330 e. The van der Waals surface area contributed by atoms with Crippen molar-refractivity contribution in [2.24, 2.45) is 5.73 Å². The van der Waals surface area contributed by atoms with E-state index in [1.807, 2.05) is 31.2 Å². The Morgan fingerprint density at radius 2 is 2.25 bits per heavy atom. The van der Waals surface area contributed by atoms with Gasteiger partial charge in [-0.05, 0) is 24.6 Å². The molecule has 4 heteroatoms. The molecule has 0 aliphatic rings. The van der Waals surface area contributed by atoms with Crippen LogP contribution in [0.5, 0.6) is 0 Å². The highest BCUT2D eigenvalue weighted by Crippen LogP contribution is 2.10. The summed E-state index contributed by atoms with van der Waals surface area (Å²) in [5.41, 5.74) is 7.38. The third kappa shape index (κ3) is 5.19. The quantitative estimate of drug-likeness (QED) is 0.745. The number of anilines is 1. The number of rotatable bonds is 6. The molecule has 0 atom stereocenters.